The van der Waals surface area contributed by atoms with Crippen LogP contribution in [-0.2, 0) is 11.2 Å². The molecule has 0 bridgehead atoms. The maximum atomic E-state index is 13.3. The topological polar surface area (TPSA) is 58.1 Å². The highest BCUT2D eigenvalue weighted by molar-refractivity contribution is 5.79. The second-order valence-corrected chi connectivity index (χ2v) is 7.64. The van der Waals surface area contributed by atoms with Crippen molar-refractivity contribution in [2.75, 3.05) is 53.6 Å². The van der Waals surface area contributed by atoms with Crippen LogP contribution in [0.25, 0.3) is 0 Å². The molecule has 168 valence electrons. The molecule has 1 fully saturated rings. The molecule has 0 aromatic heterocycles. The van der Waals surface area contributed by atoms with Crippen LogP contribution in [0.4, 0.5) is 4.39 Å². The van der Waals surface area contributed by atoms with Crippen LogP contribution in [-0.4, -0.2) is 64.4 Å². The predicted molar refractivity (Wildman–Crippen MR) is 122 cm³/mol. The molecule has 2 aromatic rings. The van der Waals surface area contributed by atoms with Crippen molar-refractivity contribution < 1.29 is 13.9 Å². The number of rotatable bonds is 8. The van der Waals surface area contributed by atoms with Crippen LogP contribution in [0.2, 0.25) is 0 Å². The van der Waals surface area contributed by atoms with Gasteiger partial charge in [0.25, 0.3) is 0 Å². The highest BCUT2D eigenvalue weighted by Crippen LogP contribution is 2.23. The van der Waals surface area contributed by atoms with Crippen LogP contribution in [0.5, 0.6) is 5.75 Å². The molecule has 1 aliphatic heterocycles. The number of ether oxygens (including phenoxy) is 2. The van der Waals surface area contributed by atoms with Crippen molar-refractivity contribution in [1.82, 2.24) is 15.5 Å². The SMILES string of the molecule is CN=C(NCCc1ccc(F)cc1C)NCC(c1ccc(OC)cc1)N1CCOCC1. The van der Waals surface area contributed by atoms with Gasteiger partial charge in [-0.05, 0) is 54.3 Å². The summed E-state index contributed by atoms with van der Waals surface area (Å²) in [7, 11) is 3.45. The van der Waals surface area contributed by atoms with Gasteiger partial charge in [0.15, 0.2) is 5.96 Å². The zero-order valence-corrected chi connectivity index (χ0v) is 18.7. The number of nitrogens with zero attached hydrogens (tertiary/aromatic N) is 2. The molecule has 2 aromatic carbocycles. The fourth-order valence-corrected chi connectivity index (χ4v) is 3.84. The number of methoxy groups -OCH3 is 1. The van der Waals surface area contributed by atoms with Crippen molar-refractivity contribution in [2.24, 2.45) is 4.99 Å². The van der Waals surface area contributed by atoms with Gasteiger partial charge in [-0.25, -0.2) is 4.39 Å². The van der Waals surface area contributed by atoms with E-state index in [1.807, 2.05) is 25.1 Å². The minimum Gasteiger partial charge on any atom is -0.497 e. The van der Waals surface area contributed by atoms with Gasteiger partial charge in [0.05, 0.1) is 26.4 Å². The Kier molecular flexibility index (Phi) is 8.67. The smallest absolute Gasteiger partial charge is 0.191 e. The van der Waals surface area contributed by atoms with Crippen molar-refractivity contribution in [3.63, 3.8) is 0 Å². The maximum Gasteiger partial charge on any atom is 0.191 e. The number of morpholine rings is 1. The number of benzene rings is 2. The first kappa shape index (κ1) is 23.0. The lowest BCUT2D eigenvalue weighted by Crippen LogP contribution is -2.46. The van der Waals surface area contributed by atoms with E-state index in [1.165, 1.54) is 11.6 Å². The molecule has 31 heavy (non-hydrogen) atoms. The van der Waals surface area contributed by atoms with Crippen LogP contribution >= 0.6 is 0 Å². The summed E-state index contributed by atoms with van der Waals surface area (Å²) in [6.07, 6.45) is 0.804. The number of aliphatic imine (C=N–C) groups is 1. The van der Waals surface area contributed by atoms with E-state index in [4.69, 9.17) is 9.47 Å². The standard InChI is InChI=1S/C24H33FN4O2/c1-18-16-21(25)7-4-19(18)10-11-27-24(26-2)28-17-23(29-12-14-31-15-13-29)20-5-8-22(30-3)9-6-20/h4-9,16,23H,10-15,17H2,1-3H3,(H2,26,27,28). The number of guanidine groups is 1. The summed E-state index contributed by atoms with van der Waals surface area (Å²) in [5.41, 5.74) is 3.33. The molecule has 1 saturated heterocycles. The van der Waals surface area contributed by atoms with Gasteiger partial charge < -0.3 is 20.1 Å². The summed E-state index contributed by atoms with van der Waals surface area (Å²) in [6, 6.07) is 13.4. The third-order valence-corrected chi connectivity index (χ3v) is 5.66. The Morgan fingerprint density at radius 2 is 1.90 bits per heavy atom. The molecule has 0 aliphatic carbocycles. The summed E-state index contributed by atoms with van der Waals surface area (Å²) in [5, 5.41) is 6.84. The van der Waals surface area contributed by atoms with Crippen LogP contribution in [0.3, 0.4) is 0 Å². The first-order chi connectivity index (χ1) is 15.1. The van der Waals surface area contributed by atoms with Crippen molar-refractivity contribution in [3.05, 3.63) is 65.0 Å². The molecule has 1 heterocycles. The third-order valence-electron chi connectivity index (χ3n) is 5.66. The zero-order chi connectivity index (χ0) is 22.1. The maximum absolute atomic E-state index is 13.3. The van der Waals surface area contributed by atoms with Gasteiger partial charge in [-0.3, -0.25) is 9.89 Å². The number of aryl methyl sites for hydroxylation is 1. The molecule has 2 N–H and O–H groups in total. The van der Waals surface area contributed by atoms with Crippen molar-refractivity contribution in [2.45, 2.75) is 19.4 Å². The van der Waals surface area contributed by atoms with E-state index in [0.717, 1.165) is 68.6 Å². The second-order valence-electron chi connectivity index (χ2n) is 7.64. The average Bonchev–Trinajstić information content (AvgIpc) is 2.80. The molecule has 0 amide bonds. The van der Waals surface area contributed by atoms with Gasteiger partial charge in [-0.1, -0.05) is 18.2 Å². The van der Waals surface area contributed by atoms with Crippen LogP contribution < -0.4 is 15.4 Å². The van der Waals surface area contributed by atoms with Gasteiger partial charge in [-0.15, -0.1) is 0 Å². The van der Waals surface area contributed by atoms with Crippen LogP contribution in [0.1, 0.15) is 22.7 Å². The fourth-order valence-electron chi connectivity index (χ4n) is 3.84. The number of hydrogen-bond acceptors (Lipinski definition) is 4. The summed E-state index contributed by atoms with van der Waals surface area (Å²) >= 11 is 0. The highest BCUT2D eigenvalue weighted by atomic mass is 19.1. The first-order valence-corrected chi connectivity index (χ1v) is 10.8. The monoisotopic (exact) mass is 428 g/mol. The molecule has 0 spiro atoms. The van der Waals surface area contributed by atoms with Crippen molar-refractivity contribution in [3.8, 4) is 5.75 Å². The van der Waals surface area contributed by atoms with Gasteiger partial charge in [0.2, 0.25) is 0 Å². The van der Waals surface area contributed by atoms with Gasteiger partial charge in [0.1, 0.15) is 11.6 Å². The lowest BCUT2D eigenvalue weighted by molar-refractivity contribution is 0.0170. The van der Waals surface area contributed by atoms with E-state index < -0.39 is 0 Å². The minimum atomic E-state index is -0.195. The Balaban J connectivity index is 1.58. The Morgan fingerprint density at radius 3 is 2.55 bits per heavy atom. The highest BCUT2D eigenvalue weighted by Gasteiger charge is 2.23. The van der Waals surface area contributed by atoms with Crippen LogP contribution in [0, 0.1) is 12.7 Å². The molecule has 6 nitrogen and oxygen atoms in total. The van der Waals surface area contributed by atoms with Crippen LogP contribution in [0.15, 0.2) is 47.5 Å². The summed E-state index contributed by atoms with van der Waals surface area (Å²) < 4.78 is 24.1. The Morgan fingerprint density at radius 1 is 1.16 bits per heavy atom. The molecule has 3 rings (SSSR count). The fraction of sp³-hybridized carbons (Fsp3) is 0.458. The molecule has 1 unspecified atom stereocenters. The summed E-state index contributed by atoms with van der Waals surface area (Å²) in [4.78, 5) is 6.80. The molecular formula is C24H33FN4O2. The number of halogens is 1. The summed E-state index contributed by atoms with van der Waals surface area (Å²) in [6.45, 7) is 6.67. The molecule has 0 radical (unpaired) electrons. The van der Waals surface area contributed by atoms with E-state index >= 15 is 0 Å². The Labute approximate surface area is 184 Å². The van der Waals surface area contributed by atoms with Gasteiger partial charge >= 0.3 is 0 Å². The van der Waals surface area contributed by atoms with Crippen molar-refractivity contribution in [1.29, 1.82) is 0 Å². The molecule has 0 saturated carbocycles. The van der Waals surface area contributed by atoms with E-state index in [0.29, 0.717) is 0 Å². The Bertz CT molecular complexity index is 851. The lowest BCUT2D eigenvalue weighted by Gasteiger charge is -2.35. The zero-order valence-electron chi connectivity index (χ0n) is 18.7. The molecule has 1 aliphatic rings. The first-order valence-electron chi connectivity index (χ1n) is 10.8. The van der Waals surface area contributed by atoms with Crippen molar-refractivity contribution >= 4 is 5.96 Å². The summed E-state index contributed by atoms with van der Waals surface area (Å²) in [5.74, 6) is 1.41. The predicted octanol–water partition coefficient (Wildman–Crippen LogP) is 2.92. The normalized spacial score (nSPS) is 16.1. The van der Waals surface area contributed by atoms with Gasteiger partial charge in [0, 0.05) is 33.2 Å². The Hall–Kier alpha value is -2.64. The van der Waals surface area contributed by atoms with E-state index in [9.17, 15) is 4.39 Å². The number of hydrogen-bond donors (Lipinski definition) is 2. The van der Waals surface area contributed by atoms with E-state index in [-0.39, 0.29) is 11.9 Å². The molecule has 7 heteroatoms. The lowest BCUT2D eigenvalue weighted by atomic mass is 10.0. The van der Waals surface area contributed by atoms with Gasteiger partial charge in [-0.2, -0.15) is 0 Å². The molecular weight excluding hydrogens is 395 g/mol. The average molecular weight is 429 g/mol. The van der Waals surface area contributed by atoms with E-state index in [2.05, 4.69) is 32.7 Å². The third kappa shape index (κ3) is 6.67. The number of nitrogens with one attached hydrogen (secondary N) is 2. The second kappa shape index (κ2) is 11.7. The minimum absolute atomic E-state index is 0.195. The van der Waals surface area contributed by atoms with E-state index in [1.54, 1.807) is 20.2 Å². The quantitative estimate of drug-likeness (QED) is 0.500. The largest absolute Gasteiger partial charge is 0.497 e. The molecule has 1 atom stereocenters.